The van der Waals surface area contributed by atoms with Crippen molar-refractivity contribution in [1.29, 1.82) is 0 Å². The second kappa shape index (κ2) is 10.3. The van der Waals surface area contributed by atoms with Crippen LogP contribution in [0.1, 0.15) is 32.3 Å². The van der Waals surface area contributed by atoms with E-state index in [1.165, 1.54) is 22.9 Å². The van der Waals surface area contributed by atoms with Gasteiger partial charge in [-0.2, -0.15) is 4.98 Å². The first kappa shape index (κ1) is 27.2. The molecule has 2 atom stereocenters. The van der Waals surface area contributed by atoms with Crippen molar-refractivity contribution in [2.24, 2.45) is 17.4 Å². The highest BCUT2D eigenvalue weighted by molar-refractivity contribution is 5.89. The van der Waals surface area contributed by atoms with Gasteiger partial charge in [0.05, 0.1) is 11.2 Å². The standard InChI is InChI=1S/C27H37FN8O3/c1-26(2,29)23(37)34-11-13-35(14-12-34)24(38)31-22-7-10-36(25(39)32-22)20-4-3-18(21(28)15-20)5-8-33-9-6-19-16-27(19,30)17-33/h3-4,7,10,15,19H,5-6,8-9,11-14,16-17,29-30H2,1-2H3,(H,31,32,38,39). The molecule has 11 nitrogen and oxygen atoms in total. The van der Waals surface area contributed by atoms with Crippen LogP contribution in [0.4, 0.5) is 15.0 Å². The number of rotatable bonds is 6. The maximum Gasteiger partial charge on any atom is 0.354 e. The van der Waals surface area contributed by atoms with Gasteiger partial charge in [-0.25, -0.2) is 14.0 Å². The van der Waals surface area contributed by atoms with Crippen molar-refractivity contribution in [2.75, 3.05) is 51.1 Å². The first-order valence-corrected chi connectivity index (χ1v) is 13.5. The average molecular weight is 541 g/mol. The number of carbonyl (C=O) groups excluding carboxylic acids is 2. The van der Waals surface area contributed by atoms with E-state index in [2.05, 4.69) is 15.2 Å². The minimum absolute atomic E-state index is 0.0439. The third-order valence-corrected chi connectivity index (χ3v) is 8.05. The first-order chi connectivity index (χ1) is 18.4. The minimum atomic E-state index is -0.969. The molecular weight excluding hydrogens is 503 g/mol. The van der Waals surface area contributed by atoms with Crippen molar-refractivity contribution in [3.63, 3.8) is 0 Å². The van der Waals surface area contributed by atoms with Crippen LogP contribution >= 0.6 is 0 Å². The van der Waals surface area contributed by atoms with Crippen LogP contribution in [0.25, 0.3) is 5.69 Å². The van der Waals surface area contributed by atoms with Crippen LogP contribution in [-0.4, -0.2) is 93.1 Å². The van der Waals surface area contributed by atoms with Gasteiger partial charge >= 0.3 is 11.7 Å². The summed E-state index contributed by atoms with van der Waals surface area (Å²) in [6, 6.07) is 5.80. The number of benzene rings is 1. The zero-order valence-electron chi connectivity index (χ0n) is 22.5. The molecule has 3 amide bonds. The normalized spacial score (nSPS) is 23.4. The topological polar surface area (TPSA) is 143 Å². The molecule has 5 N–H and O–H groups in total. The summed E-state index contributed by atoms with van der Waals surface area (Å²) in [6.45, 7) is 7.32. The van der Waals surface area contributed by atoms with E-state index in [1.807, 2.05) is 0 Å². The smallest absolute Gasteiger partial charge is 0.338 e. The molecule has 2 aliphatic heterocycles. The predicted octanol–water partition coefficient (Wildman–Crippen LogP) is 0.751. The second-order valence-corrected chi connectivity index (χ2v) is 11.6. The Labute approximate surface area is 226 Å². The van der Waals surface area contributed by atoms with E-state index in [4.69, 9.17) is 11.5 Å². The van der Waals surface area contributed by atoms with Gasteiger partial charge in [0, 0.05) is 51.0 Å². The van der Waals surface area contributed by atoms with Crippen molar-refractivity contribution in [2.45, 2.75) is 44.2 Å². The van der Waals surface area contributed by atoms with Crippen LogP contribution in [-0.2, 0) is 11.2 Å². The van der Waals surface area contributed by atoms with E-state index < -0.39 is 17.3 Å². The average Bonchev–Trinajstić information content (AvgIpc) is 3.57. The van der Waals surface area contributed by atoms with Crippen molar-refractivity contribution in [1.82, 2.24) is 24.3 Å². The van der Waals surface area contributed by atoms with Crippen LogP contribution in [0.15, 0.2) is 35.3 Å². The summed E-state index contributed by atoms with van der Waals surface area (Å²) in [4.78, 5) is 47.2. The molecule has 3 aliphatic rings. The Morgan fingerprint density at radius 3 is 2.51 bits per heavy atom. The number of piperidine rings is 1. The maximum absolute atomic E-state index is 14.9. The number of carbonyl (C=O) groups is 2. The molecular formula is C27H37FN8O3. The molecule has 2 unspecified atom stereocenters. The molecule has 39 heavy (non-hydrogen) atoms. The van der Waals surface area contributed by atoms with Crippen LogP contribution in [0, 0.1) is 11.7 Å². The lowest BCUT2D eigenvalue weighted by molar-refractivity contribution is -0.137. The molecule has 2 saturated heterocycles. The minimum Gasteiger partial charge on any atom is -0.338 e. The summed E-state index contributed by atoms with van der Waals surface area (Å²) < 4.78 is 16.1. The number of hydrogen-bond donors (Lipinski definition) is 3. The van der Waals surface area contributed by atoms with E-state index in [0.717, 1.165) is 32.5 Å². The second-order valence-electron chi connectivity index (χ2n) is 11.6. The summed E-state index contributed by atoms with van der Waals surface area (Å²) in [5.41, 5.74) is 11.5. The number of halogens is 1. The van der Waals surface area contributed by atoms with E-state index in [9.17, 15) is 18.8 Å². The molecule has 12 heteroatoms. The Bertz CT molecular complexity index is 1320. The van der Waals surface area contributed by atoms with Crippen LogP contribution in [0.5, 0.6) is 0 Å². The Morgan fingerprint density at radius 1 is 1.15 bits per heavy atom. The largest absolute Gasteiger partial charge is 0.354 e. The quantitative estimate of drug-likeness (QED) is 0.491. The number of nitrogens with two attached hydrogens (primary N) is 2. The Balaban J connectivity index is 1.16. The van der Waals surface area contributed by atoms with Gasteiger partial charge in [-0.15, -0.1) is 0 Å². The van der Waals surface area contributed by atoms with Gasteiger partial charge in [-0.1, -0.05) is 6.07 Å². The zero-order chi connectivity index (χ0) is 27.9. The number of nitrogens with one attached hydrogen (secondary N) is 1. The van der Waals surface area contributed by atoms with Crippen molar-refractivity contribution in [3.8, 4) is 5.69 Å². The van der Waals surface area contributed by atoms with Crippen LogP contribution in [0.2, 0.25) is 0 Å². The lowest BCUT2D eigenvalue weighted by Crippen LogP contribution is -2.58. The fourth-order valence-electron chi connectivity index (χ4n) is 5.55. The van der Waals surface area contributed by atoms with Crippen molar-refractivity contribution < 1.29 is 14.0 Å². The highest BCUT2D eigenvalue weighted by atomic mass is 19.1. The highest BCUT2D eigenvalue weighted by Gasteiger charge is 2.53. The number of amides is 3. The van der Waals surface area contributed by atoms with Gasteiger partial charge in [-0.05, 0) is 69.3 Å². The Kier molecular flexibility index (Phi) is 7.21. The third kappa shape index (κ3) is 5.97. The monoisotopic (exact) mass is 540 g/mol. The fraction of sp³-hybridized carbons (Fsp3) is 0.556. The summed E-state index contributed by atoms with van der Waals surface area (Å²) >= 11 is 0. The van der Waals surface area contributed by atoms with Gasteiger partial charge < -0.3 is 26.2 Å². The number of aromatic nitrogens is 2. The number of urea groups is 1. The molecule has 1 saturated carbocycles. The molecule has 210 valence electrons. The number of nitrogens with zero attached hydrogens (tertiary/aromatic N) is 5. The molecule has 0 bridgehead atoms. The summed E-state index contributed by atoms with van der Waals surface area (Å²) in [7, 11) is 0. The molecule has 1 aromatic carbocycles. The molecule has 3 fully saturated rings. The molecule has 1 aliphatic carbocycles. The van der Waals surface area contributed by atoms with E-state index in [-0.39, 0.29) is 23.1 Å². The molecule has 2 aromatic rings. The summed E-state index contributed by atoms with van der Waals surface area (Å²) in [5, 5.41) is 2.63. The summed E-state index contributed by atoms with van der Waals surface area (Å²) in [5.74, 6) is 0.196. The van der Waals surface area contributed by atoms with Crippen molar-refractivity contribution >= 4 is 17.8 Å². The molecule has 5 rings (SSSR count). The van der Waals surface area contributed by atoms with Gasteiger partial charge in [0.2, 0.25) is 5.91 Å². The number of piperazine rings is 1. The number of anilines is 1. The molecule has 0 radical (unpaired) electrons. The number of likely N-dealkylation sites (tertiary alicyclic amines) is 1. The third-order valence-electron chi connectivity index (χ3n) is 8.05. The molecule has 3 heterocycles. The zero-order valence-corrected chi connectivity index (χ0v) is 22.5. The lowest BCUT2D eigenvalue weighted by atomic mass is 10.1. The van der Waals surface area contributed by atoms with Gasteiger partial charge in [0.15, 0.2) is 0 Å². The molecule has 0 spiro atoms. The SMILES string of the molecule is CC(C)(N)C(=O)N1CCN(C(=O)Nc2ccn(-c3ccc(CCN4CCC5CC5(N)C4)c(F)c3)c(=O)n2)CC1. The van der Waals surface area contributed by atoms with Crippen molar-refractivity contribution in [3.05, 3.63) is 52.3 Å². The lowest BCUT2D eigenvalue weighted by Gasteiger charge is -2.37. The van der Waals surface area contributed by atoms with E-state index >= 15 is 0 Å². The highest BCUT2D eigenvalue weighted by Crippen LogP contribution is 2.46. The fourth-order valence-corrected chi connectivity index (χ4v) is 5.55. The predicted molar refractivity (Wildman–Crippen MR) is 145 cm³/mol. The number of fused-ring (bicyclic) bond motifs is 1. The van der Waals surface area contributed by atoms with Crippen LogP contribution in [0.3, 0.4) is 0 Å². The Hall–Kier alpha value is -3.35. The van der Waals surface area contributed by atoms with Crippen LogP contribution < -0.4 is 22.5 Å². The van der Waals surface area contributed by atoms with E-state index in [0.29, 0.717) is 49.8 Å². The van der Waals surface area contributed by atoms with Gasteiger partial charge in [0.1, 0.15) is 11.6 Å². The maximum atomic E-state index is 14.9. The summed E-state index contributed by atoms with van der Waals surface area (Å²) in [6.07, 6.45) is 4.22. The van der Waals surface area contributed by atoms with Gasteiger partial charge in [0.25, 0.3) is 0 Å². The van der Waals surface area contributed by atoms with E-state index in [1.54, 1.807) is 35.8 Å². The first-order valence-electron chi connectivity index (χ1n) is 13.5. The number of hydrogen-bond acceptors (Lipinski definition) is 7. The molecule has 1 aromatic heterocycles. The van der Waals surface area contributed by atoms with Gasteiger partial charge in [-0.3, -0.25) is 14.7 Å². The Morgan fingerprint density at radius 2 is 1.87 bits per heavy atom.